The summed E-state index contributed by atoms with van der Waals surface area (Å²) in [6.45, 7) is 0.626. The number of benzene rings is 3. The van der Waals surface area contributed by atoms with E-state index in [9.17, 15) is 13.2 Å². The van der Waals surface area contributed by atoms with Crippen molar-refractivity contribution in [2.75, 3.05) is 18.4 Å². The molecule has 0 radical (unpaired) electrons. The lowest BCUT2D eigenvalue weighted by Gasteiger charge is -2.30. The largest absolute Gasteiger partial charge is 0.456 e. The first-order chi connectivity index (χ1) is 15.9. The Balaban J connectivity index is 1.22. The van der Waals surface area contributed by atoms with Crippen LogP contribution in [0.25, 0.3) is 21.9 Å². The second kappa shape index (κ2) is 8.82. The second-order valence-corrected chi connectivity index (χ2v) is 10.7. The van der Waals surface area contributed by atoms with Crippen molar-refractivity contribution >= 4 is 55.2 Å². The fourth-order valence-corrected chi connectivity index (χ4v) is 6.22. The molecule has 6 nitrogen and oxygen atoms in total. The van der Waals surface area contributed by atoms with Gasteiger partial charge in [0.2, 0.25) is 15.9 Å². The van der Waals surface area contributed by atoms with Gasteiger partial charge in [0.1, 0.15) is 11.2 Å². The molecule has 0 bridgehead atoms. The molecule has 0 atom stereocenters. The molecule has 1 N–H and O–H groups in total. The fraction of sp³-hybridized carbons (Fsp3) is 0.240. The fourth-order valence-electron chi connectivity index (χ4n) is 4.35. The van der Waals surface area contributed by atoms with Crippen LogP contribution in [-0.4, -0.2) is 31.7 Å². The van der Waals surface area contributed by atoms with Crippen molar-refractivity contribution < 1.29 is 17.6 Å². The lowest BCUT2D eigenvalue weighted by Crippen LogP contribution is -2.41. The van der Waals surface area contributed by atoms with Crippen LogP contribution in [0.3, 0.4) is 0 Å². The molecule has 4 aromatic rings. The van der Waals surface area contributed by atoms with E-state index in [1.807, 2.05) is 42.5 Å². The highest BCUT2D eigenvalue weighted by atomic mass is 35.5. The number of hydrogen-bond donors (Lipinski definition) is 1. The number of amides is 1. The van der Waals surface area contributed by atoms with Gasteiger partial charge in [0, 0.05) is 46.6 Å². The molecule has 1 fully saturated rings. The summed E-state index contributed by atoms with van der Waals surface area (Å²) in [6.07, 6.45) is 0.945. The van der Waals surface area contributed by atoms with E-state index in [4.69, 9.17) is 16.0 Å². The van der Waals surface area contributed by atoms with E-state index in [1.54, 1.807) is 24.3 Å². The second-order valence-electron chi connectivity index (χ2n) is 8.32. The van der Waals surface area contributed by atoms with Crippen LogP contribution in [0.5, 0.6) is 0 Å². The first kappa shape index (κ1) is 21.9. The lowest BCUT2D eigenvalue weighted by molar-refractivity contribution is -0.120. The van der Waals surface area contributed by atoms with Crippen molar-refractivity contribution in [3.8, 4) is 0 Å². The Kier molecular flexibility index (Phi) is 5.86. The number of piperidine rings is 1. The van der Waals surface area contributed by atoms with E-state index in [-0.39, 0.29) is 17.6 Å². The highest BCUT2D eigenvalue weighted by Crippen LogP contribution is 2.31. The van der Waals surface area contributed by atoms with Crippen LogP contribution >= 0.6 is 11.6 Å². The van der Waals surface area contributed by atoms with Gasteiger partial charge in [-0.2, -0.15) is 0 Å². The summed E-state index contributed by atoms with van der Waals surface area (Å²) in [4.78, 5) is 12.8. The molecule has 1 saturated heterocycles. The Morgan fingerprint density at radius 2 is 1.67 bits per heavy atom. The van der Waals surface area contributed by atoms with E-state index >= 15 is 0 Å². The maximum absolute atomic E-state index is 12.8. The van der Waals surface area contributed by atoms with Crippen LogP contribution in [0.1, 0.15) is 18.4 Å². The van der Waals surface area contributed by atoms with E-state index in [0.717, 1.165) is 21.9 Å². The third-order valence-electron chi connectivity index (χ3n) is 6.16. The van der Waals surface area contributed by atoms with Crippen molar-refractivity contribution in [3.05, 3.63) is 77.3 Å². The average molecular weight is 483 g/mol. The molecule has 1 aliphatic heterocycles. The normalized spacial score (nSPS) is 15.8. The molecule has 3 aromatic carbocycles. The van der Waals surface area contributed by atoms with E-state index in [2.05, 4.69) is 5.32 Å². The number of sulfonamides is 1. The monoisotopic (exact) mass is 482 g/mol. The predicted octanol–water partition coefficient (Wildman–Crippen LogP) is 5.42. The minimum atomic E-state index is -3.50. The van der Waals surface area contributed by atoms with Gasteiger partial charge in [0.25, 0.3) is 0 Å². The number of nitrogens with zero attached hydrogens (tertiary/aromatic N) is 1. The van der Waals surface area contributed by atoms with Crippen LogP contribution in [0, 0.1) is 5.92 Å². The summed E-state index contributed by atoms with van der Waals surface area (Å²) >= 11 is 6.13. The SMILES string of the molecule is O=C(Nc1ccc2c(c1)oc1ccccc12)C1CCN(S(=O)(=O)Cc2ccccc2Cl)CC1. The molecule has 8 heteroatoms. The number of furan rings is 1. The number of halogens is 1. The van der Waals surface area contributed by atoms with Crippen molar-refractivity contribution in [1.82, 2.24) is 4.31 Å². The van der Waals surface area contributed by atoms with Gasteiger partial charge in [-0.3, -0.25) is 4.79 Å². The number of anilines is 1. The zero-order chi connectivity index (χ0) is 23.0. The third kappa shape index (κ3) is 4.49. The van der Waals surface area contributed by atoms with Crippen molar-refractivity contribution in [1.29, 1.82) is 0 Å². The molecule has 33 heavy (non-hydrogen) atoms. The Hall–Kier alpha value is -2.87. The smallest absolute Gasteiger partial charge is 0.227 e. The van der Waals surface area contributed by atoms with Gasteiger partial charge in [0.15, 0.2) is 0 Å². The van der Waals surface area contributed by atoms with Crippen molar-refractivity contribution in [2.24, 2.45) is 5.92 Å². The maximum Gasteiger partial charge on any atom is 0.227 e. The standard InChI is InChI=1S/C25H23ClN2O4S/c26-22-7-3-1-5-18(22)16-33(30,31)28-13-11-17(12-14-28)25(29)27-19-9-10-21-20-6-2-4-8-23(20)32-24(21)15-19/h1-10,15,17H,11-14,16H2,(H,27,29). The van der Waals surface area contributed by atoms with Crippen LogP contribution in [0.2, 0.25) is 5.02 Å². The molecule has 5 rings (SSSR count). The summed E-state index contributed by atoms with van der Waals surface area (Å²) in [5, 5.41) is 5.44. The van der Waals surface area contributed by atoms with Gasteiger partial charge in [-0.15, -0.1) is 0 Å². The summed E-state index contributed by atoms with van der Waals surface area (Å²) in [6, 6.07) is 20.4. The summed E-state index contributed by atoms with van der Waals surface area (Å²) in [7, 11) is -3.50. The van der Waals surface area contributed by atoms with Crippen molar-refractivity contribution in [2.45, 2.75) is 18.6 Å². The lowest BCUT2D eigenvalue weighted by atomic mass is 9.97. The molecule has 1 amide bonds. The minimum absolute atomic E-state index is 0.103. The molecular formula is C25H23ClN2O4S. The number of hydrogen-bond acceptors (Lipinski definition) is 4. The molecule has 0 aliphatic carbocycles. The molecule has 2 heterocycles. The molecule has 170 valence electrons. The molecule has 0 unspecified atom stereocenters. The number of fused-ring (bicyclic) bond motifs is 3. The van der Waals surface area contributed by atoms with Gasteiger partial charge in [0.05, 0.1) is 5.75 Å². The molecule has 1 aliphatic rings. The van der Waals surface area contributed by atoms with E-state index in [0.29, 0.717) is 42.2 Å². The van der Waals surface area contributed by atoms with Crippen LogP contribution in [-0.2, 0) is 20.6 Å². The number of carbonyl (C=O) groups is 1. The summed E-state index contributed by atoms with van der Waals surface area (Å²) < 4.78 is 33.0. The third-order valence-corrected chi connectivity index (χ3v) is 8.36. The summed E-state index contributed by atoms with van der Waals surface area (Å²) in [5.74, 6) is -0.488. The Morgan fingerprint density at radius 1 is 0.970 bits per heavy atom. The maximum atomic E-state index is 12.8. The van der Waals surface area contributed by atoms with Crippen LogP contribution in [0.4, 0.5) is 5.69 Å². The quantitative estimate of drug-likeness (QED) is 0.412. The topological polar surface area (TPSA) is 79.6 Å². The number of carbonyl (C=O) groups excluding carboxylic acids is 1. The van der Waals surface area contributed by atoms with Gasteiger partial charge >= 0.3 is 0 Å². The Morgan fingerprint density at radius 3 is 2.45 bits per heavy atom. The van der Waals surface area contributed by atoms with E-state index < -0.39 is 10.0 Å². The highest BCUT2D eigenvalue weighted by molar-refractivity contribution is 7.88. The number of para-hydroxylation sites is 1. The Bertz CT molecular complexity index is 1440. The highest BCUT2D eigenvalue weighted by Gasteiger charge is 2.31. The first-order valence-electron chi connectivity index (χ1n) is 10.8. The van der Waals surface area contributed by atoms with Crippen LogP contribution < -0.4 is 5.32 Å². The van der Waals surface area contributed by atoms with Crippen LogP contribution in [0.15, 0.2) is 71.1 Å². The molecule has 1 aromatic heterocycles. The Labute approximate surface area is 197 Å². The van der Waals surface area contributed by atoms with Gasteiger partial charge < -0.3 is 9.73 Å². The van der Waals surface area contributed by atoms with Gasteiger partial charge in [-0.1, -0.05) is 48.0 Å². The summed E-state index contributed by atoms with van der Waals surface area (Å²) in [5.41, 5.74) is 2.77. The average Bonchev–Trinajstić information content (AvgIpc) is 3.18. The van der Waals surface area contributed by atoms with Gasteiger partial charge in [-0.25, -0.2) is 12.7 Å². The molecular weight excluding hydrogens is 460 g/mol. The zero-order valence-electron chi connectivity index (χ0n) is 17.8. The zero-order valence-corrected chi connectivity index (χ0v) is 19.4. The minimum Gasteiger partial charge on any atom is -0.456 e. The molecule has 0 spiro atoms. The molecule has 0 saturated carbocycles. The predicted molar refractivity (Wildman–Crippen MR) is 131 cm³/mol. The van der Waals surface area contributed by atoms with Crippen molar-refractivity contribution in [3.63, 3.8) is 0 Å². The number of rotatable bonds is 5. The van der Waals surface area contributed by atoms with Gasteiger partial charge in [-0.05, 0) is 42.7 Å². The number of nitrogens with one attached hydrogen (secondary N) is 1. The first-order valence-corrected chi connectivity index (χ1v) is 12.8. The van der Waals surface area contributed by atoms with E-state index in [1.165, 1.54) is 4.31 Å².